The second-order valence-electron chi connectivity index (χ2n) is 26.9. The first-order chi connectivity index (χ1) is 45.6. The molecule has 0 saturated carbocycles. The number of carboxylic acid groups (broad SMARTS) is 1. The summed E-state index contributed by atoms with van der Waals surface area (Å²) in [7, 11) is 5.96. The number of aliphatic carboxylic acids is 1. The predicted octanol–water partition coefficient (Wildman–Crippen LogP) is 24.7. The highest BCUT2D eigenvalue weighted by molar-refractivity contribution is 5.71. The van der Waals surface area contributed by atoms with Gasteiger partial charge in [0.1, 0.15) is 13.2 Å². The number of carbonyl (C=O) groups excluding carboxylic acids is 2. The van der Waals surface area contributed by atoms with Crippen LogP contribution in [0.15, 0.2) is 122 Å². The van der Waals surface area contributed by atoms with Crippen LogP contribution < -0.4 is 0 Å². The van der Waals surface area contributed by atoms with Crippen LogP contribution in [-0.2, 0) is 33.3 Å². The maximum atomic E-state index is 12.9. The van der Waals surface area contributed by atoms with Gasteiger partial charge in [0.2, 0.25) is 0 Å². The van der Waals surface area contributed by atoms with Crippen LogP contribution in [0.3, 0.4) is 0 Å². The van der Waals surface area contributed by atoms with Gasteiger partial charge in [-0.3, -0.25) is 9.59 Å². The van der Waals surface area contributed by atoms with Crippen LogP contribution in [-0.4, -0.2) is 87.4 Å². The van der Waals surface area contributed by atoms with E-state index in [1.807, 2.05) is 21.1 Å². The van der Waals surface area contributed by atoms with Crippen molar-refractivity contribution in [2.24, 2.45) is 0 Å². The first-order valence-corrected chi connectivity index (χ1v) is 38.7. The lowest BCUT2D eigenvalue weighted by molar-refractivity contribution is -0.870. The normalized spacial score (nSPS) is 13.3. The minimum Gasteiger partial charge on any atom is -0.477 e. The number of quaternary nitrogens is 1. The van der Waals surface area contributed by atoms with Crippen LogP contribution in [0, 0.1) is 0 Å². The third-order valence-corrected chi connectivity index (χ3v) is 16.7. The molecule has 0 amide bonds. The van der Waals surface area contributed by atoms with Crippen LogP contribution in [0.2, 0.25) is 0 Å². The van der Waals surface area contributed by atoms with Gasteiger partial charge < -0.3 is 28.5 Å². The van der Waals surface area contributed by atoms with Gasteiger partial charge in [-0.2, -0.15) is 0 Å². The summed E-state index contributed by atoms with van der Waals surface area (Å²) in [5.41, 5.74) is 0. The number of rotatable bonds is 71. The Labute approximate surface area is 574 Å². The Balaban J connectivity index is 4.04. The van der Waals surface area contributed by atoms with Gasteiger partial charge in [0.25, 0.3) is 6.29 Å². The summed E-state index contributed by atoms with van der Waals surface area (Å²) in [5, 5.41) is 9.75. The molecule has 2 atom stereocenters. The molecule has 0 aliphatic rings. The Morgan fingerprint density at radius 2 is 0.613 bits per heavy atom. The monoisotopic (exact) mass is 1300 g/mol. The van der Waals surface area contributed by atoms with Gasteiger partial charge in [0, 0.05) is 12.8 Å². The van der Waals surface area contributed by atoms with Crippen LogP contribution in [0.25, 0.3) is 0 Å². The van der Waals surface area contributed by atoms with Crippen LogP contribution in [0.1, 0.15) is 335 Å². The zero-order valence-corrected chi connectivity index (χ0v) is 61.1. The summed E-state index contributed by atoms with van der Waals surface area (Å²) in [6.45, 7) is 4.72. The van der Waals surface area contributed by atoms with E-state index in [0.29, 0.717) is 17.4 Å². The molecule has 0 aromatic rings. The highest BCUT2D eigenvalue weighted by atomic mass is 16.7. The number of allylic oxidation sites excluding steroid dienone is 20. The van der Waals surface area contributed by atoms with Crippen LogP contribution in [0.5, 0.6) is 0 Å². The number of carbonyl (C=O) groups is 3. The fourth-order valence-corrected chi connectivity index (χ4v) is 10.8. The van der Waals surface area contributed by atoms with E-state index >= 15 is 0 Å². The van der Waals surface area contributed by atoms with Crippen molar-refractivity contribution in [2.45, 2.75) is 347 Å². The number of hydrogen-bond donors (Lipinski definition) is 1. The zero-order valence-electron chi connectivity index (χ0n) is 61.1. The molecule has 0 aliphatic carbocycles. The van der Waals surface area contributed by atoms with Crippen LogP contribution >= 0.6 is 0 Å². The van der Waals surface area contributed by atoms with E-state index in [0.717, 1.165) is 89.9 Å². The SMILES string of the molecule is CC/C=C\C/C=C\C/C=C\C/C=C\C/C=C\C/C=C\C/C=C\C/C=C\CCCCC(=O)OC(COC(=O)CCCCCCCCCCCCCCCCCCCCCCCCCCCCCCC/C=C\C/C=C\CCCCCCC)COC(OCC[N+](C)(C)C)C(=O)O. The molecule has 0 aromatic carbocycles. The van der Waals surface area contributed by atoms with E-state index in [2.05, 4.69) is 135 Å². The number of esters is 2. The van der Waals surface area contributed by atoms with Crippen molar-refractivity contribution < 1.29 is 42.9 Å². The average molecular weight is 1300 g/mol. The minimum atomic E-state index is -1.53. The number of ether oxygens (including phenoxy) is 4. The standard InChI is InChI=1S/C84H145NO8/c1-6-8-10-12-14-16-18-20-22-24-26-28-30-32-34-35-36-37-38-39-40-41-42-43-44-45-46-47-49-50-52-54-56-58-60-62-64-66-68-70-72-74-81(86)91-78-80(79-92-84(83(88)89)90-77-76-85(3,4)5)93-82(87)75-73-71-69-67-65-63-61-59-57-55-53-51-48-33-31-29-27-25-23-21-19-17-15-13-11-9-7-2/h9,11,15,17-18,20-21,23-24,26-27,29,33,48,53,55,59,61,65,67,80,84H,6-8,10,12-14,16,19,22,25,28,30-32,34-47,49-52,54,56-58,60,62-64,66,68-79H2,1-5H3/p+1/b11-9-,17-15-,20-18-,23-21-,26-24-,29-27-,48-33-,55-53-,61-59-,67-65-. The van der Waals surface area contributed by atoms with Crippen molar-refractivity contribution >= 4 is 17.9 Å². The highest BCUT2D eigenvalue weighted by Gasteiger charge is 2.25. The molecule has 9 heteroatoms. The lowest BCUT2D eigenvalue weighted by Crippen LogP contribution is -2.40. The van der Waals surface area contributed by atoms with Crippen molar-refractivity contribution in [3.8, 4) is 0 Å². The topological polar surface area (TPSA) is 108 Å². The van der Waals surface area contributed by atoms with Gasteiger partial charge in [-0.15, -0.1) is 0 Å². The molecule has 0 aliphatic heterocycles. The number of unbranched alkanes of at least 4 members (excludes halogenated alkanes) is 36. The first-order valence-electron chi connectivity index (χ1n) is 38.7. The van der Waals surface area contributed by atoms with E-state index in [1.165, 1.54) is 212 Å². The fraction of sp³-hybridized carbons (Fsp3) is 0.726. The van der Waals surface area contributed by atoms with E-state index in [4.69, 9.17) is 18.9 Å². The minimum absolute atomic E-state index is 0.174. The third-order valence-electron chi connectivity index (χ3n) is 16.7. The number of nitrogens with zero attached hydrogens (tertiary/aromatic N) is 1. The molecule has 534 valence electrons. The Bertz CT molecular complexity index is 1950. The summed E-state index contributed by atoms with van der Waals surface area (Å²) in [5.74, 6) is -2.06. The average Bonchev–Trinajstić information content (AvgIpc) is 3.38. The molecule has 0 aromatic heterocycles. The second-order valence-corrected chi connectivity index (χ2v) is 26.9. The predicted molar refractivity (Wildman–Crippen MR) is 401 cm³/mol. The molecular weight excluding hydrogens is 1150 g/mol. The summed E-state index contributed by atoms with van der Waals surface area (Å²) < 4.78 is 22.9. The van der Waals surface area contributed by atoms with E-state index < -0.39 is 24.3 Å². The summed E-state index contributed by atoms with van der Waals surface area (Å²) in [6, 6.07) is 0. The van der Waals surface area contributed by atoms with Crippen molar-refractivity contribution in [1.29, 1.82) is 0 Å². The number of hydrogen-bond acceptors (Lipinski definition) is 7. The molecule has 93 heavy (non-hydrogen) atoms. The van der Waals surface area contributed by atoms with Gasteiger partial charge >= 0.3 is 17.9 Å². The van der Waals surface area contributed by atoms with E-state index in [-0.39, 0.29) is 38.6 Å². The summed E-state index contributed by atoms with van der Waals surface area (Å²) in [6.07, 6.45) is 102. The van der Waals surface area contributed by atoms with Crippen molar-refractivity contribution in [3.05, 3.63) is 122 Å². The second kappa shape index (κ2) is 73.5. The Kier molecular flexibility index (Phi) is 70.1. The Morgan fingerprint density at radius 3 is 0.935 bits per heavy atom. The molecule has 0 radical (unpaired) electrons. The van der Waals surface area contributed by atoms with Crippen molar-refractivity contribution in [1.82, 2.24) is 0 Å². The maximum Gasteiger partial charge on any atom is 0.361 e. The Hall–Kier alpha value is -4.31. The smallest absolute Gasteiger partial charge is 0.361 e. The highest BCUT2D eigenvalue weighted by Crippen LogP contribution is 2.18. The van der Waals surface area contributed by atoms with Gasteiger partial charge in [-0.05, 0) is 109 Å². The van der Waals surface area contributed by atoms with Gasteiger partial charge in [0.05, 0.1) is 34.4 Å². The molecule has 0 saturated heterocycles. The van der Waals surface area contributed by atoms with Crippen molar-refractivity contribution in [3.63, 3.8) is 0 Å². The van der Waals surface area contributed by atoms with Gasteiger partial charge in [0.15, 0.2) is 6.10 Å². The summed E-state index contributed by atoms with van der Waals surface area (Å²) in [4.78, 5) is 37.7. The zero-order chi connectivity index (χ0) is 67.5. The summed E-state index contributed by atoms with van der Waals surface area (Å²) >= 11 is 0. The van der Waals surface area contributed by atoms with E-state index in [9.17, 15) is 19.5 Å². The fourth-order valence-electron chi connectivity index (χ4n) is 10.8. The molecule has 0 rings (SSSR count). The molecule has 0 heterocycles. The molecule has 0 fully saturated rings. The maximum absolute atomic E-state index is 12.9. The lowest BCUT2D eigenvalue weighted by Gasteiger charge is -2.25. The molecule has 0 spiro atoms. The first kappa shape index (κ1) is 88.7. The molecule has 0 bridgehead atoms. The number of carboxylic acids is 1. The lowest BCUT2D eigenvalue weighted by atomic mass is 10.0. The molecule has 9 nitrogen and oxygen atoms in total. The van der Waals surface area contributed by atoms with Gasteiger partial charge in [-0.25, -0.2) is 4.79 Å². The Morgan fingerprint density at radius 1 is 0.333 bits per heavy atom. The van der Waals surface area contributed by atoms with Crippen LogP contribution in [0.4, 0.5) is 0 Å². The molecule has 1 N–H and O–H groups in total. The third kappa shape index (κ3) is 74.9. The molecule has 2 unspecified atom stereocenters. The quantitative estimate of drug-likeness (QED) is 0.0211. The van der Waals surface area contributed by atoms with E-state index in [1.54, 1.807) is 0 Å². The van der Waals surface area contributed by atoms with Gasteiger partial charge in [-0.1, -0.05) is 334 Å². The van der Waals surface area contributed by atoms with Crippen molar-refractivity contribution in [2.75, 3.05) is 47.5 Å². The number of likely N-dealkylation sites (N-methyl/N-ethyl adjacent to an activating group) is 1. The molecular formula is C84H146NO8+. The largest absolute Gasteiger partial charge is 0.477 e.